The fourth-order valence-corrected chi connectivity index (χ4v) is 3.36. The molecule has 0 aromatic heterocycles. The molecule has 17 heavy (non-hydrogen) atoms. The topological polar surface area (TPSA) is 12.0 Å². The van der Waals surface area contributed by atoms with Crippen molar-refractivity contribution in [3.05, 3.63) is 0 Å². The summed E-state index contributed by atoms with van der Waals surface area (Å²) in [6.07, 6.45) is 9.82. The van der Waals surface area contributed by atoms with Crippen molar-refractivity contribution in [2.45, 2.75) is 78.7 Å². The van der Waals surface area contributed by atoms with Crippen LogP contribution in [0.1, 0.15) is 72.6 Å². The van der Waals surface area contributed by atoms with Crippen LogP contribution >= 0.6 is 0 Å². The van der Waals surface area contributed by atoms with E-state index in [2.05, 4.69) is 33.0 Å². The van der Waals surface area contributed by atoms with E-state index in [4.69, 9.17) is 0 Å². The van der Waals surface area contributed by atoms with Gasteiger partial charge in [0.15, 0.2) is 0 Å². The summed E-state index contributed by atoms with van der Waals surface area (Å²) in [5, 5.41) is 3.78. The summed E-state index contributed by atoms with van der Waals surface area (Å²) < 4.78 is 0. The zero-order valence-electron chi connectivity index (χ0n) is 12.5. The first-order valence-electron chi connectivity index (χ1n) is 7.92. The summed E-state index contributed by atoms with van der Waals surface area (Å²) in [5.74, 6) is 2.85. The summed E-state index contributed by atoms with van der Waals surface area (Å²) >= 11 is 0. The summed E-state index contributed by atoms with van der Waals surface area (Å²) in [6, 6.07) is 0.799. The predicted octanol–water partition coefficient (Wildman–Crippen LogP) is 4.62. The van der Waals surface area contributed by atoms with Crippen molar-refractivity contribution in [1.29, 1.82) is 0 Å². The van der Waals surface area contributed by atoms with Crippen molar-refractivity contribution in [2.24, 2.45) is 17.8 Å². The lowest BCUT2D eigenvalue weighted by molar-refractivity contribution is 0.183. The molecule has 1 aliphatic rings. The van der Waals surface area contributed by atoms with Crippen LogP contribution in [0.4, 0.5) is 0 Å². The largest absolute Gasteiger partial charge is 0.314 e. The minimum atomic E-state index is 0.799. The summed E-state index contributed by atoms with van der Waals surface area (Å²) in [4.78, 5) is 0. The summed E-state index contributed by atoms with van der Waals surface area (Å²) in [6.45, 7) is 10.6. The van der Waals surface area contributed by atoms with Gasteiger partial charge in [0.2, 0.25) is 0 Å². The Hall–Kier alpha value is -0.0400. The van der Waals surface area contributed by atoms with Crippen molar-refractivity contribution in [2.75, 3.05) is 6.54 Å². The fourth-order valence-electron chi connectivity index (χ4n) is 3.36. The molecule has 1 aliphatic carbocycles. The number of hydrogen-bond acceptors (Lipinski definition) is 1. The first kappa shape index (κ1) is 15.0. The summed E-state index contributed by atoms with van der Waals surface area (Å²) in [7, 11) is 0. The van der Waals surface area contributed by atoms with Crippen molar-refractivity contribution >= 4 is 0 Å². The van der Waals surface area contributed by atoms with E-state index in [-0.39, 0.29) is 0 Å². The molecule has 1 N–H and O–H groups in total. The van der Waals surface area contributed by atoms with Gasteiger partial charge in [-0.2, -0.15) is 0 Å². The van der Waals surface area contributed by atoms with E-state index in [0.29, 0.717) is 0 Å². The molecule has 0 aromatic rings. The van der Waals surface area contributed by atoms with Crippen molar-refractivity contribution in [3.63, 3.8) is 0 Å². The Labute approximate surface area is 109 Å². The van der Waals surface area contributed by atoms with Gasteiger partial charge >= 0.3 is 0 Å². The van der Waals surface area contributed by atoms with E-state index in [1.807, 2.05) is 0 Å². The van der Waals surface area contributed by atoms with Gasteiger partial charge in [-0.1, -0.05) is 34.1 Å². The lowest BCUT2D eigenvalue weighted by Gasteiger charge is -2.36. The van der Waals surface area contributed by atoms with Gasteiger partial charge in [0.1, 0.15) is 0 Å². The summed E-state index contributed by atoms with van der Waals surface area (Å²) in [5.41, 5.74) is 0. The molecule has 1 nitrogen and oxygen atoms in total. The van der Waals surface area contributed by atoms with Crippen molar-refractivity contribution in [1.82, 2.24) is 5.32 Å². The van der Waals surface area contributed by atoms with Gasteiger partial charge in [-0.05, 0) is 62.8 Å². The lowest BCUT2D eigenvalue weighted by atomic mass is 9.74. The molecule has 1 unspecified atom stereocenters. The average Bonchev–Trinajstić information content (AvgIpc) is 2.34. The van der Waals surface area contributed by atoms with Crippen LogP contribution in [-0.4, -0.2) is 12.6 Å². The highest BCUT2D eigenvalue weighted by Crippen LogP contribution is 2.35. The first-order chi connectivity index (χ1) is 8.19. The molecular weight excluding hydrogens is 206 g/mol. The maximum Gasteiger partial charge on any atom is 0.00952 e. The number of nitrogens with one attached hydrogen (secondary N) is 1. The molecule has 102 valence electrons. The molecule has 0 spiro atoms. The van der Waals surface area contributed by atoms with Gasteiger partial charge in [0.25, 0.3) is 0 Å². The highest BCUT2D eigenvalue weighted by atomic mass is 14.9. The Morgan fingerprint density at radius 1 is 0.941 bits per heavy atom. The standard InChI is InChI=1S/C16H33N/c1-5-7-16(17-12-6-2)15-10-8-14(9-11-15)13(3)4/h13-17H,5-12H2,1-4H3. The van der Waals surface area contributed by atoms with E-state index in [9.17, 15) is 0 Å². The van der Waals surface area contributed by atoms with Gasteiger partial charge < -0.3 is 5.32 Å². The predicted molar refractivity (Wildman–Crippen MR) is 77.3 cm³/mol. The fraction of sp³-hybridized carbons (Fsp3) is 1.00. The molecule has 1 heteroatoms. The normalized spacial score (nSPS) is 27.4. The zero-order valence-corrected chi connectivity index (χ0v) is 12.5. The molecule has 0 saturated heterocycles. The maximum atomic E-state index is 3.78. The second kappa shape index (κ2) is 8.13. The third-order valence-corrected chi connectivity index (χ3v) is 4.58. The SMILES string of the molecule is CCCNC(CCC)C1CCC(C(C)C)CC1. The molecule has 0 bridgehead atoms. The average molecular weight is 239 g/mol. The molecule has 0 heterocycles. The van der Waals surface area contributed by atoms with Crippen LogP contribution in [0.5, 0.6) is 0 Å². The molecule has 0 aromatic carbocycles. The van der Waals surface area contributed by atoms with Crippen LogP contribution in [0.2, 0.25) is 0 Å². The second-order valence-corrected chi connectivity index (χ2v) is 6.27. The molecular formula is C16H33N. The quantitative estimate of drug-likeness (QED) is 0.683. The Bertz CT molecular complexity index is 180. The van der Waals surface area contributed by atoms with E-state index >= 15 is 0 Å². The van der Waals surface area contributed by atoms with Gasteiger partial charge in [-0.3, -0.25) is 0 Å². The monoisotopic (exact) mass is 239 g/mol. The van der Waals surface area contributed by atoms with Crippen LogP contribution in [0.25, 0.3) is 0 Å². The molecule has 0 amide bonds. The van der Waals surface area contributed by atoms with Crippen LogP contribution < -0.4 is 5.32 Å². The number of rotatable bonds is 7. The minimum Gasteiger partial charge on any atom is -0.314 e. The highest BCUT2D eigenvalue weighted by molar-refractivity contribution is 4.82. The van der Waals surface area contributed by atoms with Crippen LogP contribution in [0, 0.1) is 17.8 Å². The van der Waals surface area contributed by atoms with Gasteiger partial charge in [-0.25, -0.2) is 0 Å². The second-order valence-electron chi connectivity index (χ2n) is 6.27. The molecule has 1 saturated carbocycles. The van der Waals surface area contributed by atoms with E-state index < -0.39 is 0 Å². The molecule has 1 rings (SSSR count). The van der Waals surface area contributed by atoms with Crippen LogP contribution in [0.3, 0.4) is 0 Å². The smallest absolute Gasteiger partial charge is 0.00952 e. The first-order valence-corrected chi connectivity index (χ1v) is 7.92. The van der Waals surface area contributed by atoms with E-state index in [1.54, 1.807) is 0 Å². The zero-order chi connectivity index (χ0) is 12.7. The molecule has 0 aliphatic heterocycles. The Kier molecular flexibility index (Phi) is 7.18. The van der Waals surface area contributed by atoms with Gasteiger partial charge in [0.05, 0.1) is 0 Å². The maximum absolute atomic E-state index is 3.78. The number of hydrogen-bond donors (Lipinski definition) is 1. The van der Waals surface area contributed by atoms with Crippen LogP contribution in [-0.2, 0) is 0 Å². The van der Waals surface area contributed by atoms with E-state index in [0.717, 1.165) is 23.8 Å². The Balaban J connectivity index is 2.37. The van der Waals surface area contributed by atoms with Crippen molar-refractivity contribution < 1.29 is 0 Å². The Morgan fingerprint density at radius 2 is 1.53 bits per heavy atom. The third kappa shape index (κ3) is 4.99. The van der Waals surface area contributed by atoms with E-state index in [1.165, 1.54) is 51.5 Å². The molecule has 0 radical (unpaired) electrons. The third-order valence-electron chi connectivity index (χ3n) is 4.58. The molecule has 1 atom stereocenters. The molecule has 1 fully saturated rings. The highest BCUT2D eigenvalue weighted by Gasteiger charge is 2.27. The van der Waals surface area contributed by atoms with Crippen LogP contribution in [0.15, 0.2) is 0 Å². The van der Waals surface area contributed by atoms with Gasteiger partial charge in [0, 0.05) is 6.04 Å². The minimum absolute atomic E-state index is 0.799. The van der Waals surface area contributed by atoms with Crippen molar-refractivity contribution in [3.8, 4) is 0 Å². The van der Waals surface area contributed by atoms with Gasteiger partial charge in [-0.15, -0.1) is 0 Å². The lowest BCUT2D eigenvalue weighted by Crippen LogP contribution is -2.38. The Morgan fingerprint density at radius 3 is 2.00 bits per heavy atom.